The number of piperidine rings is 1. The van der Waals surface area contributed by atoms with Crippen LogP contribution in [0.5, 0.6) is 0 Å². The first-order chi connectivity index (χ1) is 13.6. The van der Waals surface area contributed by atoms with Crippen molar-refractivity contribution < 1.29 is 9.15 Å². The van der Waals surface area contributed by atoms with Gasteiger partial charge in [0.05, 0.1) is 18.8 Å². The molecule has 2 fully saturated rings. The molecule has 2 aliphatic rings. The van der Waals surface area contributed by atoms with Crippen LogP contribution in [0.3, 0.4) is 0 Å². The van der Waals surface area contributed by atoms with Crippen LogP contribution in [0.25, 0.3) is 0 Å². The molecule has 0 aliphatic carbocycles. The molecular formula is C21H37N5O2. The van der Waals surface area contributed by atoms with E-state index in [-0.39, 0.29) is 0 Å². The fourth-order valence-corrected chi connectivity index (χ4v) is 4.16. The molecule has 7 heteroatoms. The van der Waals surface area contributed by atoms with Crippen LogP contribution in [0.4, 0.5) is 0 Å². The third-order valence-electron chi connectivity index (χ3n) is 5.96. The van der Waals surface area contributed by atoms with E-state index in [1.54, 1.807) is 7.11 Å². The van der Waals surface area contributed by atoms with E-state index in [0.717, 1.165) is 75.7 Å². The number of rotatable bonds is 7. The third-order valence-corrected chi connectivity index (χ3v) is 5.96. The third kappa shape index (κ3) is 5.70. The Balaban J connectivity index is 1.45. The van der Waals surface area contributed by atoms with Crippen molar-refractivity contribution in [3.05, 3.63) is 17.3 Å². The highest BCUT2D eigenvalue weighted by Crippen LogP contribution is 2.21. The fourth-order valence-electron chi connectivity index (χ4n) is 4.16. The van der Waals surface area contributed by atoms with Gasteiger partial charge in [0.1, 0.15) is 5.76 Å². The van der Waals surface area contributed by atoms with E-state index >= 15 is 0 Å². The van der Waals surface area contributed by atoms with Crippen LogP contribution in [0.2, 0.25) is 0 Å². The molecule has 3 rings (SSSR count). The molecule has 1 atom stereocenters. The van der Waals surface area contributed by atoms with E-state index in [0.29, 0.717) is 11.8 Å². The summed E-state index contributed by atoms with van der Waals surface area (Å²) >= 11 is 0. The van der Waals surface area contributed by atoms with Crippen molar-refractivity contribution in [3.8, 4) is 0 Å². The number of hydrogen-bond acceptors (Lipinski definition) is 5. The maximum atomic E-state index is 5.74. The zero-order chi connectivity index (χ0) is 19.9. The van der Waals surface area contributed by atoms with E-state index in [2.05, 4.69) is 27.0 Å². The molecule has 1 aromatic rings. The summed E-state index contributed by atoms with van der Waals surface area (Å²) in [6, 6.07) is 0. The molecule has 1 N–H and O–H groups in total. The second-order valence-corrected chi connectivity index (χ2v) is 8.22. The Morgan fingerprint density at radius 2 is 1.96 bits per heavy atom. The number of guanidine groups is 1. The summed E-state index contributed by atoms with van der Waals surface area (Å²) in [4.78, 5) is 14.3. The van der Waals surface area contributed by atoms with E-state index in [4.69, 9.17) is 14.1 Å². The molecule has 28 heavy (non-hydrogen) atoms. The van der Waals surface area contributed by atoms with E-state index in [1.807, 2.05) is 13.8 Å². The van der Waals surface area contributed by atoms with Crippen LogP contribution in [0.1, 0.15) is 43.5 Å². The average Bonchev–Trinajstić information content (AvgIpc) is 3.27. The Labute approximate surface area is 169 Å². The van der Waals surface area contributed by atoms with Crippen LogP contribution in [0.15, 0.2) is 9.41 Å². The lowest BCUT2D eigenvalue weighted by molar-refractivity contribution is 0.157. The fraction of sp³-hybridized carbons (Fsp3) is 0.810. The van der Waals surface area contributed by atoms with Crippen LogP contribution in [-0.2, 0) is 11.3 Å². The van der Waals surface area contributed by atoms with Crippen molar-refractivity contribution in [2.45, 2.75) is 46.6 Å². The molecule has 0 amide bonds. The highest BCUT2D eigenvalue weighted by atomic mass is 16.5. The van der Waals surface area contributed by atoms with E-state index < -0.39 is 0 Å². The maximum Gasteiger partial charge on any atom is 0.208 e. The molecule has 3 heterocycles. The van der Waals surface area contributed by atoms with Gasteiger partial charge in [0.15, 0.2) is 5.96 Å². The SMILES string of the molecule is CCNC(=NCC1CCN(Cc2nc(C)c(C)o2)CC1)N1CCC(COC)C1. The summed E-state index contributed by atoms with van der Waals surface area (Å²) in [6.07, 6.45) is 3.57. The molecule has 2 aliphatic heterocycles. The van der Waals surface area contributed by atoms with E-state index in [1.165, 1.54) is 19.3 Å². The number of likely N-dealkylation sites (tertiary alicyclic amines) is 2. The molecule has 0 aromatic carbocycles. The van der Waals surface area contributed by atoms with Gasteiger partial charge in [-0.2, -0.15) is 0 Å². The topological polar surface area (TPSA) is 66.1 Å². The largest absolute Gasteiger partial charge is 0.444 e. The summed E-state index contributed by atoms with van der Waals surface area (Å²) in [7, 11) is 1.79. The number of methoxy groups -OCH3 is 1. The quantitative estimate of drug-likeness (QED) is 0.569. The first-order valence-electron chi connectivity index (χ1n) is 10.8. The summed E-state index contributed by atoms with van der Waals surface area (Å²) in [5.74, 6) is 4.15. The van der Waals surface area contributed by atoms with Crippen LogP contribution in [-0.4, -0.2) is 73.7 Å². The lowest BCUT2D eigenvalue weighted by Gasteiger charge is -2.30. The van der Waals surface area contributed by atoms with Crippen LogP contribution < -0.4 is 5.32 Å². The zero-order valence-corrected chi connectivity index (χ0v) is 18.0. The summed E-state index contributed by atoms with van der Waals surface area (Å²) in [5.41, 5.74) is 1.00. The van der Waals surface area contributed by atoms with Gasteiger partial charge >= 0.3 is 0 Å². The molecule has 7 nitrogen and oxygen atoms in total. The lowest BCUT2D eigenvalue weighted by Crippen LogP contribution is -2.41. The van der Waals surface area contributed by atoms with Crippen molar-refractivity contribution in [1.82, 2.24) is 20.1 Å². The van der Waals surface area contributed by atoms with Crippen molar-refractivity contribution in [1.29, 1.82) is 0 Å². The molecule has 0 saturated carbocycles. The Kier molecular flexibility index (Phi) is 7.73. The van der Waals surface area contributed by atoms with Gasteiger partial charge < -0.3 is 19.4 Å². The number of ether oxygens (including phenoxy) is 1. The van der Waals surface area contributed by atoms with Crippen LogP contribution in [0, 0.1) is 25.7 Å². The van der Waals surface area contributed by atoms with Crippen LogP contribution >= 0.6 is 0 Å². The Hall–Kier alpha value is -1.60. The standard InChI is InChI=1S/C21H37N5O2/c1-5-22-21(26-11-8-19(13-26)15-27-4)23-12-18-6-9-25(10-7-18)14-20-24-16(2)17(3)28-20/h18-19H,5-15H2,1-4H3,(H,22,23). The minimum Gasteiger partial charge on any atom is -0.444 e. The van der Waals surface area contributed by atoms with Gasteiger partial charge in [-0.1, -0.05) is 0 Å². The minimum absolute atomic E-state index is 0.625. The summed E-state index contributed by atoms with van der Waals surface area (Å²) < 4.78 is 11.1. The summed E-state index contributed by atoms with van der Waals surface area (Å²) in [5, 5.41) is 3.48. The van der Waals surface area contributed by atoms with Gasteiger partial charge in [0, 0.05) is 39.2 Å². The predicted molar refractivity (Wildman–Crippen MR) is 112 cm³/mol. The molecule has 2 saturated heterocycles. The molecule has 158 valence electrons. The lowest BCUT2D eigenvalue weighted by atomic mass is 9.97. The predicted octanol–water partition coefficient (Wildman–Crippen LogP) is 2.44. The minimum atomic E-state index is 0.625. The Morgan fingerprint density at radius 1 is 1.21 bits per heavy atom. The first-order valence-corrected chi connectivity index (χ1v) is 10.8. The number of nitrogens with zero attached hydrogens (tertiary/aromatic N) is 4. The molecular weight excluding hydrogens is 354 g/mol. The van der Waals surface area contributed by atoms with Crippen molar-refractivity contribution >= 4 is 5.96 Å². The number of aliphatic imine (C=N–C) groups is 1. The maximum absolute atomic E-state index is 5.74. The smallest absolute Gasteiger partial charge is 0.208 e. The Bertz CT molecular complexity index is 617. The van der Waals surface area contributed by atoms with Gasteiger partial charge in [-0.3, -0.25) is 9.89 Å². The molecule has 0 spiro atoms. The molecule has 1 unspecified atom stereocenters. The van der Waals surface area contributed by atoms with E-state index in [9.17, 15) is 0 Å². The zero-order valence-electron chi connectivity index (χ0n) is 18.0. The average molecular weight is 392 g/mol. The number of nitrogens with one attached hydrogen (secondary N) is 1. The Morgan fingerprint density at radius 3 is 2.61 bits per heavy atom. The molecule has 1 aromatic heterocycles. The number of hydrogen-bond donors (Lipinski definition) is 1. The van der Waals surface area contributed by atoms with Gasteiger partial charge in [-0.25, -0.2) is 4.98 Å². The van der Waals surface area contributed by atoms with Gasteiger partial charge in [-0.05, 0) is 59.0 Å². The number of aromatic nitrogens is 1. The molecule has 0 radical (unpaired) electrons. The highest BCUT2D eigenvalue weighted by molar-refractivity contribution is 5.80. The monoisotopic (exact) mass is 391 g/mol. The van der Waals surface area contributed by atoms with Crippen molar-refractivity contribution in [2.24, 2.45) is 16.8 Å². The van der Waals surface area contributed by atoms with Gasteiger partial charge in [0.2, 0.25) is 5.89 Å². The van der Waals surface area contributed by atoms with Crippen molar-refractivity contribution in [2.75, 3.05) is 53.0 Å². The van der Waals surface area contributed by atoms with Gasteiger partial charge in [-0.15, -0.1) is 0 Å². The second kappa shape index (κ2) is 10.3. The molecule has 0 bridgehead atoms. The number of aryl methyl sites for hydroxylation is 2. The normalized spacial score (nSPS) is 22.2. The van der Waals surface area contributed by atoms with Crippen molar-refractivity contribution in [3.63, 3.8) is 0 Å². The first kappa shape index (κ1) is 21.1. The second-order valence-electron chi connectivity index (χ2n) is 8.22. The highest BCUT2D eigenvalue weighted by Gasteiger charge is 2.25. The summed E-state index contributed by atoms with van der Waals surface area (Å²) in [6.45, 7) is 13.9. The van der Waals surface area contributed by atoms with Gasteiger partial charge in [0.25, 0.3) is 0 Å². The number of oxazole rings is 1.